The fraction of sp³-hybridized carbons (Fsp3) is 0.786. The van der Waals surface area contributed by atoms with Gasteiger partial charge >= 0.3 is 0 Å². The number of thiazole rings is 1. The Labute approximate surface area is 218 Å². The van der Waals surface area contributed by atoms with Crippen LogP contribution in [-0.4, -0.2) is 57.2 Å². The number of carbonyl (C=O) groups excluding carboxylic acids is 1. The van der Waals surface area contributed by atoms with E-state index in [0.717, 1.165) is 42.2 Å². The van der Waals surface area contributed by atoms with E-state index in [1.807, 2.05) is 6.92 Å². The molecule has 8 heteroatoms. The Morgan fingerprint density at radius 1 is 1.25 bits per heavy atom. The van der Waals surface area contributed by atoms with Gasteiger partial charge in [0.05, 0.1) is 18.4 Å². The number of ketones is 1. The molecular weight excluding hydrogens is 476 g/mol. The van der Waals surface area contributed by atoms with Crippen LogP contribution in [0, 0.1) is 28.6 Å². The summed E-state index contributed by atoms with van der Waals surface area (Å²) in [6, 6.07) is 0. The summed E-state index contributed by atoms with van der Waals surface area (Å²) in [5.41, 5.74) is -1.05. The van der Waals surface area contributed by atoms with E-state index in [9.17, 15) is 20.1 Å². The van der Waals surface area contributed by atoms with Crippen LogP contribution in [0.25, 0.3) is 0 Å². The first-order valence-electron chi connectivity index (χ1n) is 13.5. The molecule has 3 heterocycles. The molecule has 1 aromatic heterocycles. The van der Waals surface area contributed by atoms with Gasteiger partial charge in [0.25, 0.3) is 0 Å². The topological polar surface area (TPSA) is 112 Å². The van der Waals surface area contributed by atoms with Crippen molar-refractivity contribution in [3.05, 3.63) is 22.7 Å². The number of Topliss-reactive ketones (excluding diaryl/α,β-unsaturated/α-hetero) is 1. The first-order valence-corrected chi connectivity index (χ1v) is 14.3. The van der Waals surface area contributed by atoms with Crippen LogP contribution in [0.2, 0.25) is 0 Å². The van der Waals surface area contributed by atoms with Crippen molar-refractivity contribution in [1.82, 2.24) is 4.98 Å². The second kappa shape index (κ2) is 8.60. The minimum absolute atomic E-state index is 0.186. The molecule has 2 saturated heterocycles. The van der Waals surface area contributed by atoms with Crippen LogP contribution in [0.15, 0.2) is 12.2 Å². The normalized spacial score (nSPS) is 42.6. The van der Waals surface area contributed by atoms with Crippen LogP contribution in [0.3, 0.4) is 0 Å². The minimum atomic E-state index is -2.19. The summed E-state index contributed by atoms with van der Waals surface area (Å²) in [6.07, 6.45) is 2.13. The zero-order chi connectivity index (χ0) is 26.3. The standard InChI is InChI=1S/C28H42N2O5S/c1-7-8-12-29-24-30-21-18(36-24)14-25(5,6)20-23(33)28(34)27(16(4)31)19(26(20,21)11-13-35-28)10-9-17(15(2)3)22(27)32/h17,19-20,22-23,32-34H,2,7-14H2,1,3-6H3,(H,29,30)/t17-,19-,20+,22+,23-,26-,27+,28-/m0/s1. The van der Waals surface area contributed by atoms with E-state index < -0.39 is 34.7 Å². The molecule has 3 aliphatic carbocycles. The maximum absolute atomic E-state index is 13.8. The third-order valence-electron chi connectivity index (χ3n) is 10.1. The second-order valence-corrected chi connectivity index (χ2v) is 13.5. The van der Waals surface area contributed by atoms with Gasteiger partial charge < -0.3 is 25.4 Å². The van der Waals surface area contributed by atoms with Crippen molar-refractivity contribution in [2.24, 2.45) is 28.6 Å². The molecule has 2 aliphatic heterocycles. The van der Waals surface area contributed by atoms with Crippen LogP contribution in [-0.2, 0) is 21.4 Å². The molecule has 1 aromatic rings. The SMILES string of the molecule is C=C(C)[C@@H]1CC[C@H]2[C@@]34CCO[C@@](O)([C@@H](O)[C@@H]3C(C)(C)Cc3sc(NCCCC)nc34)[C@@]2(C(C)=O)[C@@H]1O. The predicted octanol–water partition coefficient (Wildman–Crippen LogP) is 3.81. The highest BCUT2D eigenvalue weighted by atomic mass is 32.1. The molecule has 4 N–H and O–H groups in total. The molecule has 0 aromatic carbocycles. The van der Waals surface area contributed by atoms with E-state index in [0.29, 0.717) is 19.3 Å². The molecule has 5 aliphatic rings. The molecule has 4 fully saturated rings. The number of anilines is 1. The number of aliphatic hydroxyl groups is 3. The van der Waals surface area contributed by atoms with Crippen LogP contribution in [0.5, 0.6) is 0 Å². The first-order chi connectivity index (χ1) is 16.9. The van der Waals surface area contributed by atoms with Crippen molar-refractivity contribution >= 4 is 22.3 Å². The van der Waals surface area contributed by atoms with Crippen LogP contribution >= 0.6 is 11.3 Å². The van der Waals surface area contributed by atoms with Crippen molar-refractivity contribution in [3.8, 4) is 0 Å². The molecule has 200 valence electrons. The highest BCUT2D eigenvalue weighted by Gasteiger charge is 2.82. The summed E-state index contributed by atoms with van der Waals surface area (Å²) in [4.78, 5) is 20.1. The van der Waals surface area contributed by atoms with Gasteiger partial charge in [0, 0.05) is 28.7 Å². The van der Waals surface area contributed by atoms with Crippen LogP contribution < -0.4 is 5.32 Å². The van der Waals surface area contributed by atoms with E-state index in [-0.39, 0.29) is 29.6 Å². The number of aliphatic hydroxyl groups excluding tert-OH is 2. The van der Waals surface area contributed by atoms with Crippen molar-refractivity contribution in [2.75, 3.05) is 18.5 Å². The highest BCUT2D eigenvalue weighted by molar-refractivity contribution is 7.15. The summed E-state index contributed by atoms with van der Waals surface area (Å²) in [7, 11) is 0. The van der Waals surface area contributed by atoms with Gasteiger partial charge in [-0.25, -0.2) is 4.98 Å². The van der Waals surface area contributed by atoms with Crippen LogP contribution in [0.4, 0.5) is 5.13 Å². The molecule has 6 rings (SSSR count). The second-order valence-electron chi connectivity index (χ2n) is 12.4. The molecule has 2 bridgehead atoms. The lowest BCUT2D eigenvalue weighted by atomic mass is 9.36. The summed E-state index contributed by atoms with van der Waals surface area (Å²) in [5.74, 6) is -3.68. The Hall–Kier alpha value is -1.32. The molecule has 1 spiro atoms. The summed E-state index contributed by atoms with van der Waals surface area (Å²) in [5, 5.41) is 40.7. The molecule has 0 radical (unpaired) electrons. The van der Waals surface area contributed by atoms with E-state index in [4.69, 9.17) is 9.72 Å². The lowest BCUT2D eigenvalue weighted by molar-refractivity contribution is -0.371. The lowest BCUT2D eigenvalue weighted by Gasteiger charge is -2.69. The number of ether oxygens (including phenoxy) is 1. The quantitative estimate of drug-likeness (QED) is 0.335. The molecular formula is C28H42N2O5S. The van der Waals surface area contributed by atoms with E-state index >= 15 is 0 Å². The number of nitrogens with zero attached hydrogens (tertiary/aromatic N) is 1. The summed E-state index contributed by atoms with van der Waals surface area (Å²) < 4.78 is 6.16. The fourth-order valence-corrected chi connectivity index (χ4v) is 10.2. The van der Waals surface area contributed by atoms with Crippen molar-refractivity contribution in [2.45, 2.75) is 96.6 Å². The third kappa shape index (κ3) is 3.11. The first kappa shape index (κ1) is 26.3. The number of hydrogen-bond donors (Lipinski definition) is 4. The van der Waals surface area contributed by atoms with Crippen molar-refractivity contribution < 1.29 is 24.9 Å². The number of unbranched alkanes of at least 4 members (excludes halogenated alkanes) is 1. The Morgan fingerprint density at radius 2 is 1.97 bits per heavy atom. The number of aromatic nitrogens is 1. The Morgan fingerprint density at radius 3 is 2.61 bits per heavy atom. The molecule has 2 saturated carbocycles. The third-order valence-corrected chi connectivity index (χ3v) is 11.1. The van der Waals surface area contributed by atoms with Gasteiger partial charge in [-0.3, -0.25) is 4.79 Å². The van der Waals surface area contributed by atoms with Gasteiger partial charge in [-0.1, -0.05) is 39.3 Å². The van der Waals surface area contributed by atoms with E-state index in [1.165, 1.54) is 11.8 Å². The molecule has 36 heavy (non-hydrogen) atoms. The van der Waals surface area contributed by atoms with Gasteiger partial charge in [0.15, 0.2) is 5.13 Å². The Bertz CT molecular complexity index is 1070. The zero-order valence-electron chi connectivity index (χ0n) is 22.3. The maximum Gasteiger partial charge on any atom is 0.208 e. The number of carbonyl (C=O) groups is 1. The molecule has 8 atom stereocenters. The fourth-order valence-electron chi connectivity index (χ4n) is 8.84. The largest absolute Gasteiger partial charge is 0.391 e. The Kier molecular flexibility index (Phi) is 6.28. The van der Waals surface area contributed by atoms with E-state index in [1.54, 1.807) is 11.3 Å². The number of nitrogens with one attached hydrogen (secondary N) is 1. The maximum atomic E-state index is 13.8. The number of hydrogen-bond acceptors (Lipinski definition) is 8. The van der Waals surface area contributed by atoms with E-state index in [2.05, 4.69) is 32.7 Å². The predicted molar refractivity (Wildman–Crippen MR) is 140 cm³/mol. The van der Waals surface area contributed by atoms with Crippen molar-refractivity contribution in [1.29, 1.82) is 0 Å². The average Bonchev–Trinajstić information content (AvgIpc) is 3.08. The lowest BCUT2D eigenvalue weighted by Crippen LogP contribution is -2.80. The van der Waals surface area contributed by atoms with Gasteiger partial charge in [-0.05, 0) is 57.3 Å². The monoisotopic (exact) mass is 518 g/mol. The summed E-state index contributed by atoms with van der Waals surface area (Å²) >= 11 is 1.67. The zero-order valence-corrected chi connectivity index (χ0v) is 23.1. The van der Waals surface area contributed by atoms with Crippen LogP contribution in [0.1, 0.15) is 77.3 Å². The Balaban J connectivity index is 1.78. The summed E-state index contributed by atoms with van der Waals surface area (Å²) in [6.45, 7) is 14.9. The molecule has 0 amide bonds. The molecule has 0 unspecified atom stereocenters. The molecule has 7 nitrogen and oxygen atoms in total. The van der Waals surface area contributed by atoms with Gasteiger partial charge in [0.2, 0.25) is 5.79 Å². The van der Waals surface area contributed by atoms with Gasteiger partial charge in [-0.2, -0.15) is 0 Å². The highest BCUT2D eigenvalue weighted by Crippen LogP contribution is 2.73. The van der Waals surface area contributed by atoms with Gasteiger partial charge in [0.1, 0.15) is 17.3 Å². The number of rotatable bonds is 6. The van der Waals surface area contributed by atoms with Gasteiger partial charge in [-0.15, -0.1) is 11.3 Å². The van der Waals surface area contributed by atoms with Crippen molar-refractivity contribution in [3.63, 3.8) is 0 Å². The number of fused-ring (bicyclic) bond motifs is 3. The minimum Gasteiger partial charge on any atom is -0.391 e. The smallest absolute Gasteiger partial charge is 0.208 e. The average molecular weight is 519 g/mol.